The third kappa shape index (κ3) is 3.79. The first-order valence-corrected chi connectivity index (χ1v) is 11.5. The number of nitrogens with zero attached hydrogens (tertiary/aromatic N) is 4. The van der Waals surface area contributed by atoms with Crippen LogP contribution in [0.1, 0.15) is 12.5 Å². The molecule has 0 fully saturated rings. The highest BCUT2D eigenvalue weighted by Crippen LogP contribution is 2.34. The highest BCUT2D eigenvalue weighted by Gasteiger charge is 2.19. The zero-order valence-corrected chi connectivity index (χ0v) is 19.3. The van der Waals surface area contributed by atoms with E-state index in [1.807, 2.05) is 13.0 Å². The van der Waals surface area contributed by atoms with Crippen molar-refractivity contribution >= 4 is 21.9 Å². The fourth-order valence-corrected chi connectivity index (χ4v) is 4.34. The lowest BCUT2D eigenvalue weighted by molar-refractivity contribution is 0.631. The Balaban J connectivity index is 1.47. The van der Waals surface area contributed by atoms with E-state index in [-0.39, 0.29) is 11.6 Å². The molecule has 0 aliphatic rings. The predicted octanol–water partition coefficient (Wildman–Crippen LogP) is 5.62. The second-order valence-electron chi connectivity index (χ2n) is 8.43. The van der Waals surface area contributed by atoms with Crippen LogP contribution in [0.25, 0.3) is 55.8 Å². The Morgan fingerprint density at radius 1 is 0.917 bits per heavy atom. The fourth-order valence-electron chi connectivity index (χ4n) is 4.34. The Labute approximate surface area is 204 Å². The Kier molecular flexibility index (Phi) is 5.46. The van der Waals surface area contributed by atoms with Crippen LogP contribution in [0.15, 0.2) is 67.1 Å². The number of rotatable bonds is 6. The van der Waals surface area contributed by atoms with Gasteiger partial charge in [0.1, 0.15) is 28.5 Å². The summed E-state index contributed by atoms with van der Waals surface area (Å²) < 4.78 is 29.6. The summed E-state index contributed by atoms with van der Waals surface area (Å²) in [6, 6.07) is 13.3. The van der Waals surface area contributed by atoms with Crippen LogP contribution in [0, 0.1) is 11.6 Å². The second kappa shape index (κ2) is 8.94. The van der Waals surface area contributed by atoms with E-state index < -0.39 is 0 Å². The minimum absolute atomic E-state index is 0.363. The van der Waals surface area contributed by atoms with Gasteiger partial charge in [0, 0.05) is 53.3 Å². The molecule has 4 heterocycles. The molecule has 0 aliphatic heterocycles. The van der Waals surface area contributed by atoms with Crippen molar-refractivity contribution in [2.75, 3.05) is 6.54 Å². The van der Waals surface area contributed by atoms with Crippen LogP contribution >= 0.6 is 0 Å². The first-order valence-electron chi connectivity index (χ1n) is 11.5. The van der Waals surface area contributed by atoms with Crippen LogP contribution in [0.3, 0.4) is 0 Å². The van der Waals surface area contributed by atoms with Crippen molar-refractivity contribution in [2.24, 2.45) is 0 Å². The normalized spacial score (nSPS) is 11.5. The zero-order valence-electron chi connectivity index (χ0n) is 19.3. The summed E-state index contributed by atoms with van der Waals surface area (Å²) in [5.74, 6) is -0.286. The summed E-state index contributed by atoms with van der Waals surface area (Å²) in [5.41, 5.74) is 5.13. The van der Waals surface area contributed by atoms with Crippen molar-refractivity contribution in [3.05, 3.63) is 84.3 Å². The highest BCUT2D eigenvalue weighted by molar-refractivity contribution is 5.97. The molecule has 0 aliphatic carbocycles. The Bertz CT molecular complexity index is 1720. The number of fused-ring (bicyclic) bond motifs is 2. The van der Waals surface area contributed by atoms with Crippen LogP contribution in [0.5, 0.6) is 0 Å². The number of hydrogen-bond donors (Lipinski definition) is 3. The predicted molar refractivity (Wildman–Crippen MR) is 135 cm³/mol. The second-order valence-corrected chi connectivity index (χ2v) is 8.43. The lowest BCUT2D eigenvalue weighted by atomic mass is 10.0. The number of benzene rings is 2. The van der Waals surface area contributed by atoms with Gasteiger partial charge in [-0.3, -0.25) is 15.1 Å². The number of H-pyrrole nitrogens is 2. The molecule has 4 aromatic heterocycles. The molecule has 0 saturated heterocycles. The lowest BCUT2D eigenvalue weighted by Crippen LogP contribution is -2.11. The Hall–Kier alpha value is -4.50. The zero-order chi connectivity index (χ0) is 24.6. The number of nitrogens with one attached hydrogen (secondary N) is 3. The van der Waals surface area contributed by atoms with Crippen LogP contribution in [0.2, 0.25) is 0 Å². The topological polar surface area (TPSA) is 95.2 Å². The third-order valence-corrected chi connectivity index (χ3v) is 6.09. The van der Waals surface area contributed by atoms with Crippen molar-refractivity contribution < 1.29 is 8.78 Å². The molecule has 36 heavy (non-hydrogen) atoms. The molecule has 6 aromatic rings. The van der Waals surface area contributed by atoms with Crippen LogP contribution in [-0.2, 0) is 6.54 Å². The maximum Gasteiger partial charge on any atom is 0.159 e. The highest BCUT2D eigenvalue weighted by atomic mass is 19.1. The van der Waals surface area contributed by atoms with Gasteiger partial charge in [-0.15, -0.1) is 0 Å². The number of halogens is 2. The van der Waals surface area contributed by atoms with E-state index in [1.165, 1.54) is 12.1 Å². The number of imidazole rings is 1. The van der Waals surface area contributed by atoms with Crippen molar-refractivity contribution in [1.29, 1.82) is 0 Å². The maximum atomic E-state index is 15.1. The summed E-state index contributed by atoms with van der Waals surface area (Å²) >= 11 is 0. The van der Waals surface area contributed by atoms with Gasteiger partial charge in [-0.05, 0) is 42.4 Å². The summed E-state index contributed by atoms with van der Waals surface area (Å²) in [7, 11) is 0. The van der Waals surface area contributed by atoms with E-state index in [4.69, 9.17) is 4.98 Å². The van der Waals surface area contributed by atoms with E-state index in [0.717, 1.165) is 12.1 Å². The van der Waals surface area contributed by atoms with Crippen LogP contribution in [0.4, 0.5) is 8.78 Å². The minimum atomic E-state index is -0.379. The van der Waals surface area contributed by atoms with E-state index in [2.05, 4.69) is 30.5 Å². The van der Waals surface area contributed by atoms with E-state index in [0.29, 0.717) is 62.4 Å². The molecule has 2 aromatic carbocycles. The van der Waals surface area contributed by atoms with Crippen LogP contribution < -0.4 is 5.32 Å². The Morgan fingerprint density at radius 3 is 2.67 bits per heavy atom. The average Bonchev–Trinajstić information content (AvgIpc) is 3.51. The summed E-state index contributed by atoms with van der Waals surface area (Å²) in [6.45, 7) is 3.50. The molecule has 178 valence electrons. The van der Waals surface area contributed by atoms with Gasteiger partial charge in [0.15, 0.2) is 5.82 Å². The Morgan fingerprint density at radius 2 is 1.81 bits per heavy atom. The molecule has 6 rings (SSSR count). The molecule has 3 N–H and O–H groups in total. The molecule has 0 unspecified atom stereocenters. The maximum absolute atomic E-state index is 15.1. The number of aromatic amines is 2. The molecular weight excluding hydrogens is 460 g/mol. The van der Waals surface area contributed by atoms with Gasteiger partial charge in [0.25, 0.3) is 0 Å². The first-order chi connectivity index (χ1) is 17.6. The molecule has 7 nitrogen and oxygen atoms in total. The quantitative estimate of drug-likeness (QED) is 0.287. The van der Waals surface area contributed by atoms with Crippen molar-refractivity contribution in [2.45, 2.75) is 13.5 Å². The SMILES string of the molecule is CCNCc1cncc(-c2cc3c(-c4nc5c(-c6ccccc6F)nccc5[nH]4)n[nH]c3cc2F)c1. The molecule has 0 atom stereocenters. The van der Waals surface area contributed by atoms with E-state index in [9.17, 15) is 4.39 Å². The molecule has 9 heteroatoms. The largest absolute Gasteiger partial charge is 0.336 e. The van der Waals surface area contributed by atoms with E-state index >= 15 is 4.39 Å². The van der Waals surface area contributed by atoms with Gasteiger partial charge in [-0.2, -0.15) is 5.10 Å². The van der Waals surface area contributed by atoms with Crippen molar-refractivity contribution in [3.63, 3.8) is 0 Å². The van der Waals surface area contributed by atoms with E-state index in [1.54, 1.807) is 48.9 Å². The standard InChI is InChI=1S/C27H21F2N7/c1-2-30-12-15-9-16(14-31-13-15)18-10-19-23(11-21(18)29)35-36-25(19)27-33-22-7-8-32-24(26(22)34-27)17-5-3-4-6-20(17)28/h3-11,13-14,30H,2,12H2,1H3,(H,33,34)(H,35,36). The molecule has 0 saturated carbocycles. The number of hydrogen-bond acceptors (Lipinski definition) is 5. The summed E-state index contributed by atoms with van der Waals surface area (Å²) in [6.07, 6.45) is 5.02. The average molecular weight is 482 g/mol. The summed E-state index contributed by atoms with van der Waals surface area (Å²) in [5, 5.41) is 11.3. The smallest absolute Gasteiger partial charge is 0.159 e. The van der Waals surface area contributed by atoms with Gasteiger partial charge in [0.05, 0.1) is 11.0 Å². The summed E-state index contributed by atoms with van der Waals surface area (Å²) in [4.78, 5) is 16.6. The van der Waals surface area contributed by atoms with Crippen molar-refractivity contribution in [3.8, 4) is 33.9 Å². The minimum Gasteiger partial charge on any atom is -0.336 e. The molecule has 0 radical (unpaired) electrons. The third-order valence-electron chi connectivity index (χ3n) is 6.09. The van der Waals surface area contributed by atoms with Gasteiger partial charge in [-0.25, -0.2) is 13.8 Å². The first kappa shape index (κ1) is 22.0. The number of pyridine rings is 2. The fraction of sp³-hybridized carbons (Fsp3) is 0.111. The van der Waals surface area contributed by atoms with Gasteiger partial charge >= 0.3 is 0 Å². The van der Waals surface area contributed by atoms with Crippen molar-refractivity contribution in [1.82, 2.24) is 35.5 Å². The molecule has 0 bridgehead atoms. The number of aromatic nitrogens is 6. The molecule has 0 amide bonds. The van der Waals surface area contributed by atoms with Gasteiger partial charge in [-0.1, -0.05) is 19.1 Å². The van der Waals surface area contributed by atoms with Gasteiger partial charge in [0.2, 0.25) is 0 Å². The molecule has 0 spiro atoms. The van der Waals surface area contributed by atoms with Gasteiger partial charge < -0.3 is 10.3 Å². The van der Waals surface area contributed by atoms with Crippen LogP contribution in [-0.4, -0.2) is 36.7 Å². The monoisotopic (exact) mass is 481 g/mol. The lowest BCUT2D eigenvalue weighted by Gasteiger charge is -2.07. The molecular formula is C27H21F2N7.